The molecule has 68 valence electrons. The molecule has 12 heavy (non-hydrogen) atoms. The van der Waals surface area contributed by atoms with Crippen molar-refractivity contribution in [2.24, 2.45) is 5.92 Å². The van der Waals surface area contributed by atoms with Crippen molar-refractivity contribution in [3.8, 4) is 0 Å². The second kappa shape index (κ2) is 3.03. The Kier molecular flexibility index (Phi) is 2.02. The maximum absolute atomic E-state index is 10.8. The van der Waals surface area contributed by atoms with Gasteiger partial charge in [0.2, 0.25) is 0 Å². The highest BCUT2D eigenvalue weighted by atomic mass is 16.5. The minimum absolute atomic E-state index is 0.270. The molecule has 4 nitrogen and oxygen atoms in total. The number of carboxylic acids is 1. The van der Waals surface area contributed by atoms with Gasteiger partial charge < -0.3 is 9.84 Å². The molecule has 0 bridgehead atoms. The standard InChI is InChI=1S/C8H13NO3/c10-8(11)7(5-1-2-5)9-6-3-12-4-6/h5-7,9H,1-4H2,(H,10,11). The van der Waals surface area contributed by atoms with Crippen LogP contribution >= 0.6 is 0 Å². The molecule has 2 N–H and O–H groups in total. The van der Waals surface area contributed by atoms with E-state index in [0.29, 0.717) is 19.1 Å². The second-order valence-electron chi connectivity index (χ2n) is 3.55. The van der Waals surface area contributed by atoms with Crippen LogP contribution in [0.5, 0.6) is 0 Å². The van der Waals surface area contributed by atoms with Gasteiger partial charge in [0.25, 0.3) is 0 Å². The van der Waals surface area contributed by atoms with E-state index in [9.17, 15) is 4.79 Å². The van der Waals surface area contributed by atoms with Crippen molar-refractivity contribution in [2.45, 2.75) is 24.9 Å². The summed E-state index contributed by atoms with van der Waals surface area (Å²) in [6, 6.07) is -0.0643. The van der Waals surface area contributed by atoms with Gasteiger partial charge >= 0.3 is 5.97 Å². The fourth-order valence-electron chi connectivity index (χ4n) is 1.42. The Bertz CT molecular complexity index is 187. The van der Waals surface area contributed by atoms with E-state index in [1.807, 2.05) is 0 Å². The van der Waals surface area contributed by atoms with E-state index in [-0.39, 0.29) is 12.1 Å². The quantitative estimate of drug-likeness (QED) is 0.617. The van der Waals surface area contributed by atoms with Crippen LogP contribution in [0.3, 0.4) is 0 Å². The van der Waals surface area contributed by atoms with Gasteiger partial charge in [-0.05, 0) is 18.8 Å². The fraction of sp³-hybridized carbons (Fsp3) is 0.875. The van der Waals surface area contributed by atoms with Crippen LogP contribution < -0.4 is 5.32 Å². The van der Waals surface area contributed by atoms with Crippen molar-refractivity contribution >= 4 is 5.97 Å². The van der Waals surface area contributed by atoms with Crippen LogP contribution in [0.4, 0.5) is 0 Å². The first-order valence-corrected chi connectivity index (χ1v) is 4.34. The number of hydrogen-bond acceptors (Lipinski definition) is 3. The van der Waals surface area contributed by atoms with Crippen molar-refractivity contribution in [3.63, 3.8) is 0 Å². The number of rotatable bonds is 4. The molecule has 2 rings (SSSR count). The van der Waals surface area contributed by atoms with Crippen LogP contribution in [0.25, 0.3) is 0 Å². The third-order valence-electron chi connectivity index (χ3n) is 2.41. The first kappa shape index (κ1) is 8.01. The van der Waals surface area contributed by atoms with Crippen molar-refractivity contribution in [2.75, 3.05) is 13.2 Å². The fourth-order valence-corrected chi connectivity index (χ4v) is 1.42. The number of carbonyl (C=O) groups is 1. The van der Waals surface area contributed by atoms with E-state index in [4.69, 9.17) is 9.84 Å². The molecule has 1 aliphatic carbocycles. The molecule has 0 aromatic heterocycles. The van der Waals surface area contributed by atoms with Crippen LogP contribution in [-0.4, -0.2) is 36.4 Å². The zero-order valence-electron chi connectivity index (χ0n) is 6.82. The van der Waals surface area contributed by atoms with Gasteiger partial charge in [-0.1, -0.05) is 0 Å². The molecule has 2 fully saturated rings. The molecule has 1 saturated carbocycles. The van der Waals surface area contributed by atoms with Crippen molar-refractivity contribution in [3.05, 3.63) is 0 Å². The van der Waals surface area contributed by atoms with E-state index < -0.39 is 5.97 Å². The zero-order chi connectivity index (χ0) is 8.55. The second-order valence-corrected chi connectivity index (χ2v) is 3.55. The first-order chi connectivity index (χ1) is 5.77. The van der Waals surface area contributed by atoms with Crippen molar-refractivity contribution in [1.82, 2.24) is 5.32 Å². The van der Waals surface area contributed by atoms with Gasteiger partial charge in [-0.15, -0.1) is 0 Å². The molecular formula is C8H13NO3. The number of aliphatic carboxylic acids is 1. The van der Waals surface area contributed by atoms with E-state index in [1.54, 1.807) is 0 Å². The minimum Gasteiger partial charge on any atom is -0.480 e. The molecule has 4 heteroatoms. The maximum Gasteiger partial charge on any atom is 0.320 e. The normalized spacial score (nSPS) is 26.3. The van der Waals surface area contributed by atoms with E-state index >= 15 is 0 Å². The summed E-state index contributed by atoms with van der Waals surface area (Å²) in [5, 5.41) is 11.9. The number of nitrogens with one attached hydrogen (secondary N) is 1. The molecule has 2 aliphatic rings. The van der Waals surface area contributed by atoms with E-state index in [0.717, 1.165) is 12.8 Å². The van der Waals surface area contributed by atoms with Crippen molar-refractivity contribution < 1.29 is 14.6 Å². The third-order valence-corrected chi connectivity index (χ3v) is 2.41. The van der Waals surface area contributed by atoms with Crippen molar-refractivity contribution in [1.29, 1.82) is 0 Å². The number of carboxylic acid groups (broad SMARTS) is 1. The molecule has 0 spiro atoms. The molecule has 0 radical (unpaired) electrons. The Labute approximate surface area is 70.9 Å². The Morgan fingerprint density at radius 3 is 2.50 bits per heavy atom. The third kappa shape index (κ3) is 1.59. The summed E-state index contributed by atoms with van der Waals surface area (Å²) in [6.07, 6.45) is 2.11. The van der Waals surface area contributed by atoms with Crippen LogP contribution in [-0.2, 0) is 9.53 Å². The smallest absolute Gasteiger partial charge is 0.320 e. The predicted octanol–water partition coefficient (Wildman–Crippen LogP) is -0.162. The SMILES string of the molecule is O=C(O)C(NC1COC1)C1CC1. The summed E-state index contributed by atoms with van der Waals surface area (Å²) in [5.74, 6) is -0.354. The highest BCUT2D eigenvalue weighted by Crippen LogP contribution is 2.33. The zero-order valence-corrected chi connectivity index (χ0v) is 6.82. The van der Waals surface area contributed by atoms with E-state index in [1.165, 1.54) is 0 Å². The van der Waals surface area contributed by atoms with Gasteiger partial charge in [0, 0.05) is 0 Å². The maximum atomic E-state index is 10.8. The van der Waals surface area contributed by atoms with Gasteiger partial charge in [-0.3, -0.25) is 10.1 Å². The molecule has 0 aromatic rings. The molecule has 1 heterocycles. The molecule has 0 amide bonds. The predicted molar refractivity (Wildman–Crippen MR) is 41.9 cm³/mol. The van der Waals surface area contributed by atoms with Gasteiger partial charge in [0.15, 0.2) is 0 Å². The van der Waals surface area contributed by atoms with Crippen LogP contribution in [0.2, 0.25) is 0 Å². The Balaban J connectivity index is 1.83. The van der Waals surface area contributed by atoms with Crippen LogP contribution in [0.15, 0.2) is 0 Å². The average Bonchev–Trinajstić information content (AvgIpc) is 2.66. The lowest BCUT2D eigenvalue weighted by molar-refractivity contribution is -0.141. The summed E-state index contributed by atoms with van der Waals surface area (Å²) < 4.78 is 4.96. The Morgan fingerprint density at radius 1 is 1.50 bits per heavy atom. The van der Waals surface area contributed by atoms with Gasteiger partial charge in [0.1, 0.15) is 6.04 Å². The highest BCUT2D eigenvalue weighted by molar-refractivity contribution is 5.74. The number of hydrogen-bond donors (Lipinski definition) is 2. The van der Waals surface area contributed by atoms with E-state index in [2.05, 4.69) is 5.32 Å². The lowest BCUT2D eigenvalue weighted by atomic mass is 10.1. The Hall–Kier alpha value is -0.610. The molecule has 1 aliphatic heterocycles. The summed E-state index contributed by atoms with van der Waals surface area (Å²) >= 11 is 0. The monoisotopic (exact) mass is 171 g/mol. The lowest BCUT2D eigenvalue weighted by Crippen LogP contribution is -2.53. The van der Waals surface area contributed by atoms with Crippen LogP contribution in [0, 0.1) is 5.92 Å². The Morgan fingerprint density at radius 2 is 2.17 bits per heavy atom. The summed E-state index contributed by atoms with van der Waals surface area (Å²) in [5.41, 5.74) is 0. The molecule has 1 saturated heterocycles. The topological polar surface area (TPSA) is 58.6 Å². The minimum atomic E-state index is -0.718. The molecule has 1 atom stereocenters. The first-order valence-electron chi connectivity index (χ1n) is 4.34. The van der Waals surface area contributed by atoms with Gasteiger partial charge in [0.05, 0.1) is 19.3 Å². The average molecular weight is 171 g/mol. The summed E-state index contributed by atoms with van der Waals surface area (Å²) in [4.78, 5) is 10.8. The highest BCUT2D eigenvalue weighted by Gasteiger charge is 2.38. The molecule has 1 unspecified atom stereocenters. The summed E-state index contributed by atoms with van der Waals surface area (Å²) in [6.45, 7) is 1.33. The van der Waals surface area contributed by atoms with Gasteiger partial charge in [-0.25, -0.2) is 0 Å². The van der Waals surface area contributed by atoms with Crippen LogP contribution in [0.1, 0.15) is 12.8 Å². The molecule has 0 aromatic carbocycles. The lowest BCUT2D eigenvalue weighted by Gasteiger charge is -2.29. The number of ether oxygens (including phenoxy) is 1. The largest absolute Gasteiger partial charge is 0.480 e. The molecular weight excluding hydrogens is 158 g/mol. The van der Waals surface area contributed by atoms with Gasteiger partial charge in [-0.2, -0.15) is 0 Å². The summed E-state index contributed by atoms with van der Waals surface area (Å²) in [7, 11) is 0.